The van der Waals surface area contributed by atoms with Crippen LogP contribution in [0.3, 0.4) is 0 Å². The molecule has 82 valence electrons. The molecule has 0 aliphatic carbocycles. The molecule has 0 saturated carbocycles. The van der Waals surface area contributed by atoms with E-state index < -0.39 is 0 Å². The number of thiazole rings is 1. The van der Waals surface area contributed by atoms with Crippen molar-refractivity contribution in [2.24, 2.45) is 0 Å². The van der Waals surface area contributed by atoms with Gasteiger partial charge in [0, 0.05) is 6.54 Å². The molecule has 1 aliphatic heterocycles. The predicted octanol–water partition coefficient (Wildman–Crippen LogP) is 2.07. The van der Waals surface area contributed by atoms with Crippen molar-refractivity contribution in [1.82, 2.24) is 4.98 Å². The second-order valence-corrected chi connectivity index (χ2v) is 4.40. The zero-order valence-electron chi connectivity index (χ0n) is 8.71. The second-order valence-electron chi connectivity index (χ2n) is 3.40. The first-order valence-corrected chi connectivity index (χ1v) is 6.03. The SMILES string of the molecule is CCOC(=O)c1nc2c(s1)NCCCC2. The maximum Gasteiger partial charge on any atom is 0.367 e. The van der Waals surface area contributed by atoms with Gasteiger partial charge in [-0.3, -0.25) is 0 Å². The number of ether oxygens (including phenoxy) is 1. The van der Waals surface area contributed by atoms with E-state index in [1.165, 1.54) is 11.3 Å². The van der Waals surface area contributed by atoms with Crippen LogP contribution in [0.1, 0.15) is 35.3 Å². The maximum atomic E-state index is 11.4. The molecule has 0 saturated heterocycles. The van der Waals surface area contributed by atoms with Crippen LogP contribution in [-0.2, 0) is 11.2 Å². The summed E-state index contributed by atoms with van der Waals surface area (Å²) in [6.45, 7) is 3.17. The molecule has 2 rings (SSSR count). The van der Waals surface area contributed by atoms with Gasteiger partial charge in [-0.05, 0) is 26.2 Å². The van der Waals surface area contributed by atoms with Crippen molar-refractivity contribution in [2.45, 2.75) is 26.2 Å². The lowest BCUT2D eigenvalue weighted by atomic mass is 10.2. The summed E-state index contributed by atoms with van der Waals surface area (Å²) in [4.78, 5) is 15.8. The van der Waals surface area contributed by atoms with Crippen molar-refractivity contribution in [3.63, 3.8) is 0 Å². The quantitative estimate of drug-likeness (QED) is 0.784. The van der Waals surface area contributed by atoms with E-state index in [1.807, 2.05) is 0 Å². The lowest BCUT2D eigenvalue weighted by Crippen LogP contribution is -2.04. The Bertz CT molecular complexity index is 339. The van der Waals surface area contributed by atoms with Gasteiger partial charge < -0.3 is 10.1 Å². The molecule has 0 fully saturated rings. The fourth-order valence-corrected chi connectivity index (χ4v) is 2.49. The molecule has 0 unspecified atom stereocenters. The highest BCUT2D eigenvalue weighted by molar-refractivity contribution is 7.17. The summed E-state index contributed by atoms with van der Waals surface area (Å²) in [6, 6.07) is 0. The molecular formula is C10H14N2O2S. The molecule has 5 heteroatoms. The average Bonchev–Trinajstić information content (AvgIpc) is 2.51. The molecule has 15 heavy (non-hydrogen) atoms. The number of nitrogens with one attached hydrogen (secondary N) is 1. The zero-order valence-corrected chi connectivity index (χ0v) is 9.52. The average molecular weight is 226 g/mol. The number of rotatable bonds is 2. The Kier molecular flexibility index (Phi) is 3.20. The van der Waals surface area contributed by atoms with Crippen LogP contribution in [0.15, 0.2) is 0 Å². The maximum absolute atomic E-state index is 11.4. The molecule has 1 N–H and O–H groups in total. The van der Waals surface area contributed by atoms with Crippen LogP contribution in [0.4, 0.5) is 5.00 Å². The van der Waals surface area contributed by atoms with Gasteiger partial charge in [-0.25, -0.2) is 9.78 Å². The van der Waals surface area contributed by atoms with Crippen molar-refractivity contribution >= 4 is 22.3 Å². The highest BCUT2D eigenvalue weighted by atomic mass is 32.1. The minimum atomic E-state index is -0.308. The van der Waals surface area contributed by atoms with E-state index in [9.17, 15) is 4.79 Å². The number of carbonyl (C=O) groups is 1. The Morgan fingerprint density at radius 3 is 3.27 bits per heavy atom. The number of anilines is 1. The third-order valence-electron chi connectivity index (χ3n) is 2.27. The van der Waals surface area contributed by atoms with Crippen LogP contribution in [-0.4, -0.2) is 24.1 Å². The van der Waals surface area contributed by atoms with E-state index >= 15 is 0 Å². The molecule has 1 aromatic heterocycles. The standard InChI is InChI=1S/C10H14N2O2S/c1-2-14-10(13)9-12-7-5-3-4-6-11-8(7)15-9/h11H,2-6H2,1H3. The Labute approximate surface area is 92.7 Å². The van der Waals surface area contributed by atoms with Gasteiger partial charge in [0.15, 0.2) is 0 Å². The van der Waals surface area contributed by atoms with Crippen LogP contribution in [0, 0.1) is 0 Å². The summed E-state index contributed by atoms with van der Waals surface area (Å²) in [7, 11) is 0. The summed E-state index contributed by atoms with van der Waals surface area (Å²) in [5, 5.41) is 4.80. The number of carbonyl (C=O) groups excluding carboxylic acids is 1. The van der Waals surface area contributed by atoms with Crippen molar-refractivity contribution in [2.75, 3.05) is 18.5 Å². The van der Waals surface area contributed by atoms with E-state index in [0.29, 0.717) is 11.6 Å². The van der Waals surface area contributed by atoms with Crippen LogP contribution in [0.2, 0.25) is 0 Å². The van der Waals surface area contributed by atoms with Crippen LogP contribution >= 0.6 is 11.3 Å². The monoisotopic (exact) mass is 226 g/mol. The normalized spacial score (nSPS) is 15.0. The summed E-state index contributed by atoms with van der Waals surface area (Å²) >= 11 is 1.40. The highest BCUT2D eigenvalue weighted by Crippen LogP contribution is 2.28. The van der Waals surface area contributed by atoms with Gasteiger partial charge in [-0.2, -0.15) is 0 Å². The van der Waals surface area contributed by atoms with Gasteiger partial charge in [-0.15, -0.1) is 0 Å². The largest absolute Gasteiger partial charge is 0.461 e. The summed E-state index contributed by atoms with van der Waals surface area (Å²) in [6.07, 6.45) is 3.25. The first-order chi connectivity index (χ1) is 7.31. The van der Waals surface area contributed by atoms with Gasteiger partial charge in [0.1, 0.15) is 5.00 Å². The number of hydrogen-bond acceptors (Lipinski definition) is 5. The van der Waals surface area contributed by atoms with Gasteiger partial charge in [0.05, 0.1) is 12.3 Å². The van der Waals surface area contributed by atoms with Crippen LogP contribution < -0.4 is 5.32 Å². The Morgan fingerprint density at radius 2 is 2.47 bits per heavy atom. The molecule has 0 atom stereocenters. The highest BCUT2D eigenvalue weighted by Gasteiger charge is 2.18. The zero-order chi connectivity index (χ0) is 10.7. The third-order valence-corrected chi connectivity index (χ3v) is 3.31. The van der Waals surface area contributed by atoms with Crippen molar-refractivity contribution < 1.29 is 9.53 Å². The number of hydrogen-bond donors (Lipinski definition) is 1. The van der Waals surface area contributed by atoms with Gasteiger partial charge in [-0.1, -0.05) is 11.3 Å². The molecule has 0 amide bonds. The summed E-state index contributed by atoms with van der Waals surface area (Å²) in [5.41, 5.74) is 1.01. The van der Waals surface area contributed by atoms with E-state index in [0.717, 1.165) is 36.5 Å². The van der Waals surface area contributed by atoms with Crippen LogP contribution in [0.5, 0.6) is 0 Å². The topological polar surface area (TPSA) is 51.2 Å². The molecule has 0 spiro atoms. The molecule has 1 aliphatic rings. The third kappa shape index (κ3) is 2.28. The molecule has 0 radical (unpaired) electrons. The number of fused-ring (bicyclic) bond motifs is 1. The molecule has 0 bridgehead atoms. The van der Waals surface area contributed by atoms with Crippen molar-refractivity contribution in [3.05, 3.63) is 10.7 Å². The molecular weight excluding hydrogens is 212 g/mol. The predicted molar refractivity (Wildman–Crippen MR) is 59.5 cm³/mol. The van der Waals surface area contributed by atoms with E-state index in [2.05, 4.69) is 10.3 Å². The summed E-state index contributed by atoms with van der Waals surface area (Å²) in [5.74, 6) is -0.308. The fraction of sp³-hybridized carbons (Fsp3) is 0.600. The van der Waals surface area contributed by atoms with Gasteiger partial charge in [0.25, 0.3) is 0 Å². The van der Waals surface area contributed by atoms with E-state index in [1.54, 1.807) is 6.92 Å². The second kappa shape index (κ2) is 4.61. The molecule has 4 nitrogen and oxygen atoms in total. The molecule has 1 aromatic rings. The Balaban J connectivity index is 2.18. The number of aryl methyl sites for hydroxylation is 1. The fourth-order valence-electron chi connectivity index (χ4n) is 1.56. The van der Waals surface area contributed by atoms with Crippen LogP contribution in [0.25, 0.3) is 0 Å². The van der Waals surface area contributed by atoms with E-state index in [-0.39, 0.29) is 5.97 Å². The Hall–Kier alpha value is -1.10. The lowest BCUT2D eigenvalue weighted by molar-refractivity contribution is 0.0525. The lowest BCUT2D eigenvalue weighted by Gasteiger charge is -1.97. The smallest absolute Gasteiger partial charge is 0.367 e. The minimum Gasteiger partial charge on any atom is -0.461 e. The molecule has 2 heterocycles. The first kappa shape index (κ1) is 10.4. The van der Waals surface area contributed by atoms with Crippen molar-refractivity contribution in [1.29, 1.82) is 0 Å². The number of nitrogens with zero attached hydrogens (tertiary/aromatic N) is 1. The van der Waals surface area contributed by atoms with Gasteiger partial charge in [0.2, 0.25) is 5.01 Å². The minimum absolute atomic E-state index is 0.308. The van der Waals surface area contributed by atoms with E-state index in [4.69, 9.17) is 4.74 Å². The molecule has 0 aromatic carbocycles. The number of esters is 1. The van der Waals surface area contributed by atoms with Crippen molar-refractivity contribution in [3.8, 4) is 0 Å². The number of aromatic nitrogens is 1. The Morgan fingerprint density at radius 1 is 1.60 bits per heavy atom. The summed E-state index contributed by atoms with van der Waals surface area (Å²) < 4.78 is 4.92. The first-order valence-electron chi connectivity index (χ1n) is 5.22. The van der Waals surface area contributed by atoms with Gasteiger partial charge >= 0.3 is 5.97 Å².